The molecule has 0 aromatic carbocycles. The Balaban J connectivity index is 2.18. The van der Waals surface area contributed by atoms with E-state index >= 15 is 0 Å². The minimum atomic E-state index is -0.687. The maximum Gasteiger partial charge on any atom is 0.109 e. The van der Waals surface area contributed by atoms with Gasteiger partial charge in [0.2, 0.25) is 0 Å². The number of hydrogen-bond donors (Lipinski definition) is 1. The number of imidazole rings is 1. The lowest BCUT2D eigenvalue weighted by molar-refractivity contribution is 0.591. The summed E-state index contributed by atoms with van der Waals surface area (Å²) < 4.78 is 13.8. The first-order chi connectivity index (χ1) is 8.26. The highest BCUT2D eigenvalue weighted by molar-refractivity contribution is 7.84. The molecule has 0 fully saturated rings. The van der Waals surface area contributed by atoms with Crippen LogP contribution in [-0.4, -0.2) is 31.8 Å². The molecule has 17 heavy (non-hydrogen) atoms. The third-order valence-corrected chi connectivity index (χ3v) is 4.53. The van der Waals surface area contributed by atoms with E-state index < -0.39 is 10.8 Å². The number of aryl methyl sites for hydroxylation is 1. The summed E-state index contributed by atoms with van der Waals surface area (Å²) in [6, 6.07) is 0. The highest BCUT2D eigenvalue weighted by atomic mass is 32.2. The van der Waals surface area contributed by atoms with Gasteiger partial charge in [-0.05, 0) is 0 Å². The van der Waals surface area contributed by atoms with E-state index in [4.69, 9.17) is 0 Å². The van der Waals surface area contributed by atoms with Crippen LogP contribution in [0.3, 0.4) is 0 Å². The Bertz CT molecular complexity index is 414. The Labute approximate surface area is 105 Å². The molecule has 96 valence electrons. The van der Waals surface area contributed by atoms with Crippen LogP contribution >= 0.6 is 0 Å². The van der Waals surface area contributed by atoms with E-state index in [-0.39, 0.29) is 0 Å². The topological polar surface area (TPSA) is 46.9 Å². The molecule has 0 radical (unpaired) electrons. The lowest BCUT2D eigenvalue weighted by Crippen LogP contribution is -2.25. The molecule has 5 heteroatoms. The van der Waals surface area contributed by atoms with Gasteiger partial charge in [0.05, 0.1) is 5.69 Å². The van der Waals surface area contributed by atoms with Crippen LogP contribution < -0.4 is 5.32 Å². The third-order valence-electron chi connectivity index (χ3n) is 3.25. The second-order valence-corrected chi connectivity index (χ2v) is 6.15. The molecule has 0 saturated heterocycles. The number of aromatic nitrogens is 2. The lowest BCUT2D eigenvalue weighted by Gasteiger charge is -2.15. The van der Waals surface area contributed by atoms with Crippen LogP contribution in [0.2, 0.25) is 0 Å². The summed E-state index contributed by atoms with van der Waals surface area (Å²) in [5.41, 5.74) is 2.55. The Morgan fingerprint density at radius 2 is 2.29 bits per heavy atom. The number of nitrogens with zero attached hydrogens (tertiary/aromatic N) is 2. The van der Waals surface area contributed by atoms with Crippen LogP contribution in [0.15, 0.2) is 0 Å². The van der Waals surface area contributed by atoms with Crippen molar-refractivity contribution in [3.63, 3.8) is 0 Å². The molecule has 0 bridgehead atoms. The molecule has 1 unspecified atom stereocenters. The van der Waals surface area contributed by atoms with Crippen LogP contribution in [0, 0.1) is 0 Å². The van der Waals surface area contributed by atoms with Gasteiger partial charge >= 0.3 is 0 Å². The Morgan fingerprint density at radius 1 is 1.47 bits per heavy atom. The first-order valence-corrected chi connectivity index (χ1v) is 7.87. The largest absolute Gasteiger partial charge is 0.331 e. The van der Waals surface area contributed by atoms with Gasteiger partial charge in [0.15, 0.2) is 0 Å². The fourth-order valence-corrected chi connectivity index (χ4v) is 2.97. The van der Waals surface area contributed by atoms with Crippen LogP contribution in [0.5, 0.6) is 0 Å². The normalized spacial score (nSPS) is 16.8. The van der Waals surface area contributed by atoms with Crippen molar-refractivity contribution in [1.82, 2.24) is 14.9 Å². The summed E-state index contributed by atoms with van der Waals surface area (Å²) in [6.07, 6.45) is 1.99. The third kappa shape index (κ3) is 2.77. The zero-order valence-electron chi connectivity index (χ0n) is 10.7. The summed E-state index contributed by atoms with van der Waals surface area (Å²) in [4.78, 5) is 4.67. The quantitative estimate of drug-likeness (QED) is 0.849. The van der Waals surface area contributed by atoms with Crippen LogP contribution in [0.25, 0.3) is 0 Å². The molecule has 1 aromatic rings. The van der Waals surface area contributed by atoms with Crippen molar-refractivity contribution in [2.75, 3.05) is 18.1 Å². The SMILES string of the molecule is CCc1nc2c(n1CCS(=O)CC)CCNC2. The van der Waals surface area contributed by atoms with Crippen molar-refractivity contribution < 1.29 is 4.21 Å². The maximum atomic E-state index is 11.5. The molecule has 1 aliphatic rings. The molecule has 0 saturated carbocycles. The Morgan fingerprint density at radius 3 is 3.00 bits per heavy atom. The molecule has 4 nitrogen and oxygen atoms in total. The van der Waals surface area contributed by atoms with Gasteiger partial charge in [-0.3, -0.25) is 4.21 Å². The number of hydrogen-bond acceptors (Lipinski definition) is 3. The molecular weight excluding hydrogens is 234 g/mol. The predicted molar refractivity (Wildman–Crippen MR) is 70.6 cm³/mol. The summed E-state index contributed by atoms with van der Waals surface area (Å²) in [7, 11) is -0.687. The fraction of sp³-hybridized carbons (Fsp3) is 0.750. The van der Waals surface area contributed by atoms with Crippen molar-refractivity contribution >= 4 is 10.8 Å². The first-order valence-electron chi connectivity index (χ1n) is 6.39. The molecule has 2 rings (SSSR count). The summed E-state index contributed by atoms with van der Waals surface area (Å²) >= 11 is 0. The fourth-order valence-electron chi connectivity index (χ4n) is 2.30. The molecule has 1 aliphatic heterocycles. The Kier molecular flexibility index (Phi) is 4.34. The van der Waals surface area contributed by atoms with Crippen molar-refractivity contribution in [3.8, 4) is 0 Å². The van der Waals surface area contributed by atoms with E-state index in [2.05, 4.69) is 21.8 Å². The zero-order valence-corrected chi connectivity index (χ0v) is 11.5. The zero-order chi connectivity index (χ0) is 12.3. The minimum absolute atomic E-state index is 0.687. The van der Waals surface area contributed by atoms with Gasteiger partial charge in [0.1, 0.15) is 5.82 Å². The second kappa shape index (κ2) is 5.78. The minimum Gasteiger partial charge on any atom is -0.331 e. The van der Waals surface area contributed by atoms with Crippen LogP contribution in [0.1, 0.15) is 31.1 Å². The molecule has 1 aromatic heterocycles. The average Bonchev–Trinajstić information content (AvgIpc) is 2.73. The van der Waals surface area contributed by atoms with E-state index in [1.165, 1.54) is 11.4 Å². The molecule has 1 atom stereocenters. The molecule has 0 spiro atoms. The van der Waals surface area contributed by atoms with Crippen molar-refractivity contribution in [2.24, 2.45) is 0 Å². The van der Waals surface area contributed by atoms with Gasteiger partial charge in [0.25, 0.3) is 0 Å². The molecule has 2 heterocycles. The van der Waals surface area contributed by atoms with E-state index in [9.17, 15) is 4.21 Å². The Hall–Kier alpha value is -0.680. The highest BCUT2D eigenvalue weighted by Crippen LogP contribution is 2.16. The predicted octanol–water partition coefficient (Wildman–Crippen LogP) is 0.860. The maximum absolute atomic E-state index is 11.5. The van der Waals surface area contributed by atoms with E-state index in [1.807, 2.05) is 6.92 Å². The van der Waals surface area contributed by atoms with Gasteiger partial charge in [-0.2, -0.15) is 0 Å². The first kappa shape index (κ1) is 12.8. The molecule has 0 aliphatic carbocycles. The van der Waals surface area contributed by atoms with Gasteiger partial charge in [-0.25, -0.2) is 4.98 Å². The van der Waals surface area contributed by atoms with Gasteiger partial charge < -0.3 is 9.88 Å². The van der Waals surface area contributed by atoms with Crippen molar-refractivity contribution in [1.29, 1.82) is 0 Å². The summed E-state index contributed by atoms with van der Waals surface area (Å²) in [6.45, 7) is 6.87. The monoisotopic (exact) mass is 255 g/mol. The second-order valence-electron chi connectivity index (χ2n) is 4.29. The molecular formula is C12H21N3OS. The smallest absolute Gasteiger partial charge is 0.109 e. The standard InChI is InChI=1S/C12H21N3OS/c1-3-12-14-10-9-13-6-5-11(10)15(12)7-8-17(16)4-2/h13H,3-9H2,1-2H3. The summed E-state index contributed by atoms with van der Waals surface area (Å²) in [5, 5.41) is 3.35. The van der Waals surface area contributed by atoms with E-state index in [0.717, 1.165) is 49.8 Å². The molecule has 0 amide bonds. The summed E-state index contributed by atoms with van der Waals surface area (Å²) in [5.74, 6) is 2.64. The highest BCUT2D eigenvalue weighted by Gasteiger charge is 2.18. The average molecular weight is 255 g/mol. The lowest BCUT2D eigenvalue weighted by atomic mass is 10.2. The number of nitrogens with one attached hydrogen (secondary N) is 1. The van der Waals surface area contributed by atoms with Crippen molar-refractivity contribution in [3.05, 3.63) is 17.2 Å². The van der Waals surface area contributed by atoms with Crippen LogP contribution in [0.4, 0.5) is 0 Å². The molecule has 1 N–H and O–H groups in total. The number of rotatable bonds is 5. The van der Waals surface area contributed by atoms with E-state index in [1.54, 1.807) is 0 Å². The van der Waals surface area contributed by atoms with Crippen molar-refractivity contribution in [2.45, 2.75) is 39.8 Å². The number of fused-ring (bicyclic) bond motifs is 1. The van der Waals surface area contributed by atoms with Crippen LogP contribution in [-0.2, 0) is 36.7 Å². The van der Waals surface area contributed by atoms with Gasteiger partial charge in [-0.15, -0.1) is 0 Å². The van der Waals surface area contributed by atoms with E-state index in [0.29, 0.717) is 0 Å². The van der Waals surface area contributed by atoms with Gasteiger partial charge in [0, 0.05) is 60.5 Å². The van der Waals surface area contributed by atoms with Gasteiger partial charge in [-0.1, -0.05) is 13.8 Å².